The molecule has 2 atom stereocenters. The van der Waals surface area contributed by atoms with Crippen LogP contribution < -0.4 is 10.6 Å². The van der Waals surface area contributed by atoms with E-state index in [-0.39, 0.29) is 29.5 Å². The molecule has 1 aliphatic rings. The van der Waals surface area contributed by atoms with E-state index in [1.165, 1.54) is 6.20 Å². The molecule has 0 radical (unpaired) electrons. The van der Waals surface area contributed by atoms with Crippen LogP contribution in [0.3, 0.4) is 0 Å². The van der Waals surface area contributed by atoms with Gasteiger partial charge in [0.25, 0.3) is 5.91 Å². The second-order valence-corrected chi connectivity index (χ2v) is 5.44. The number of nitrogens with one attached hydrogen (secondary N) is 2. The van der Waals surface area contributed by atoms with Crippen LogP contribution in [0.2, 0.25) is 0 Å². The lowest BCUT2D eigenvalue weighted by atomic mass is 10.0. The Labute approximate surface area is 129 Å². The van der Waals surface area contributed by atoms with Gasteiger partial charge in [-0.15, -0.1) is 0 Å². The summed E-state index contributed by atoms with van der Waals surface area (Å²) in [7, 11) is 1.59. The third kappa shape index (κ3) is 4.24. The van der Waals surface area contributed by atoms with Crippen molar-refractivity contribution in [1.82, 2.24) is 20.6 Å². The monoisotopic (exact) mass is 306 g/mol. The van der Waals surface area contributed by atoms with Crippen LogP contribution in [-0.4, -0.2) is 48.1 Å². The minimum atomic E-state index is -0.283. The van der Waals surface area contributed by atoms with Gasteiger partial charge in [0.05, 0.1) is 24.4 Å². The number of aryl methyl sites for hydroxylation is 1. The molecule has 2 N–H and O–H groups in total. The van der Waals surface area contributed by atoms with Gasteiger partial charge in [-0.2, -0.15) is 0 Å². The molecule has 1 fully saturated rings. The lowest BCUT2D eigenvalue weighted by molar-refractivity contribution is -0.125. The molecule has 7 heteroatoms. The number of rotatable bonds is 6. The van der Waals surface area contributed by atoms with Crippen LogP contribution in [0.5, 0.6) is 0 Å². The fraction of sp³-hybridized carbons (Fsp3) is 0.600. The Balaban J connectivity index is 1.91. The quantitative estimate of drug-likeness (QED) is 0.744. The molecule has 120 valence electrons. The molecule has 0 unspecified atom stereocenters. The Kier molecular flexibility index (Phi) is 5.83. The van der Waals surface area contributed by atoms with Crippen molar-refractivity contribution in [3.8, 4) is 0 Å². The highest BCUT2D eigenvalue weighted by Crippen LogP contribution is 2.26. The Morgan fingerprint density at radius 3 is 2.82 bits per heavy atom. The first kappa shape index (κ1) is 16.4. The maximum absolute atomic E-state index is 12.2. The first-order chi connectivity index (χ1) is 10.6. The smallest absolute Gasteiger partial charge is 0.271 e. The molecule has 7 nitrogen and oxygen atoms in total. The molecule has 2 amide bonds. The second kappa shape index (κ2) is 7.84. The Bertz CT molecular complexity index is 518. The molecule has 0 saturated heterocycles. The lowest BCUT2D eigenvalue weighted by Crippen LogP contribution is -2.44. The van der Waals surface area contributed by atoms with Gasteiger partial charge in [-0.1, -0.05) is 6.42 Å². The minimum absolute atomic E-state index is 0.0326. The summed E-state index contributed by atoms with van der Waals surface area (Å²) in [5, 5.41) is 5.74. The predicted molar refractivity (Wildman–Crippen MR) is 80.2 cm³/mol. The van der Waals surface area contributed by atoms with Gasteiger partial charge in [0.2, 0.25) is 5.91 Å². The summed E-state index contributed by atoms with van der Waals surface area (Å²) in [6.07, 6.45) is 5.51. The van der Waals surface area contributed by atoms with E-state index in [9.17, 15) is 9.59 Å². The van der Waals surface area contributed by atoms with Crippen molar-refractivity contribution < 1.29 is 14.3 Å². The van der Waals surface area contributed by atoms with Crippen molar-refractivity contribution >= 4 is 11.8 Å². The third-order valence-electron chi connectivity index (χ3n) is 3.79. The topological polar surface area (TPSA) is 93.2 Å². The highest BCUT2D eigenvalue weighted by Gasteiger charge is 2.34. The van der Waals surface area contributed by atoms with E-state index in [0.29, 0.717) is 13.2 Å². The molecule has 1 aromatic heterocycles. The van der Waals surface area contributed by atoms with E-state index < -0.39 is 0 Å². The molecule has 0 aliphatic heterocycles. The largest absolute Gasteiger partial charge is 0.383 e. The molecule has 1 aliphatic carbocycles. The zero-order valence-corrected chi connectivity index (χ0v) is 13.0. The van der Waals surface area contributed by atoms with E-state index >= 15 is 0 Å². The number of hydrogen-bond acceptors (Lipinski definition) is 5. The van der Waals surface area contributed by atoms with Crippen molar-refractivity contribution in [3.05, 3.63) is 23.8 Å². The molecule has 1 aromatic rings. The zero-order valence-electron chi connectivity index (χ0n) is 13.0. The molecule has 0 spiro atoms. The molecule has 1 saturated carbocycles. The van der Waals surface area contributed by atoms with Gasteiger partial charge in [-0.05, 0) is 19.8 Å². The average Bonchev–Trinajstić information content (AvgIpc) is 2.96. The van der Waals surface area contributed by atoms with Gasteiger partial charge in [0.15, 0.2) is 0 Å². The number of amides is 2. The summed E-state index contributed by atoms with van der Waals surface area (Å²) in [6.45, 7) is 2.77. The van der Waals surface area contributed by atoms with Crippen LogP contribution in [0.4, 0.5) is 0 Å². The third-order valence-corrected chi connectivity index (χ3v) is 3.79. The normalized spacial score (nSPS) is 20.6. The van der Waals surface area contributed by atoms with Crippen molar-refractivity contribution in [3.63, 3.8) is 0 Å². The number of hydrogen-bond donors (Lipinski definition) is 2. The maximum Gasteiger partial charge on any atom is 0.271 e. The summed E-state index contributed by atoms with van der Waals surface area (Å²) in [5.41, 5.74) is 1.03. The summed E-state index contributed by atoms with van der Waals surface area (Å²) in [4.78, 5) is 32.4. The minimum Gasteiger partial charge on any atom is -0.383 e. The average molecular weight is 306 g/mol. The number of carbonyl (C=O) groups excluding carboxylic acids is 2. The van der Waals surface area contributed by atoms with E-state index in [4.69, 9.17) is 4.74 Å². The van der Waals surface area contributed by atoms with Crippen LogP contribution in [0.15, 0.2) is 12.4 Å². The van der Waals surface area contributed by atoms with Gasteiger partial charge in [-0.3, -0.25) is 14.6 Å². The molecular formula is C15H22N4O3. The van der Waals surface area contributed by atoms with Gasteiger partial charge in [0.1, 0.15) is 5.69 Å². The maximum atomic E-state index is 12.2. The van der Waals surface area contributed by atoms with E-state index in [2.05, 4.69) is 20.6 Å². The van der Waals surface area contributed by atoms with Crippen LogP contribution in [0.25, 0.3) is 0 Å². The molecule has 22 heavy (non-hydrogen) atoms. The molecule has 0 bridgehead atoms. The van der Waals surface area contributed by atoms with E-state index in [1.807, 2.05) is 6.92 Å². The molecule has 2 rings (SSSR count). The van der Waals surface area contributed by atoms with Crippen molar-refractivity contribution in [2.45, 2.75) is 32.2 Å². The summed E-state index contributed by atoms with van der Waals surface area (Å²) in [5.74, 6) is -0.511. The molecule has 1 heterocycles. The molecular weight excluding hydrogens is 284 g/mol. The number of aromatic nitrogens is 2. The second-order valence-electron chi connectivity index (χ2n) is 5.44. The fourth-order valence-corrected chi connectivity index (χ4v) is 2.61. The lowest BCUT2D eigenvalue weighted by Gasteiger charge is -2.20. The van der Waals surface area contributed by atoms with Crippen LogP contribution in [0.1, 0.15) is 35.4 Å². The Hall–Kier alpha value is -2.02. The van der Waals surface area contributed by atoms with Crippen LogP contribution >= 0.6 is 0 Å². The first-order valence-corrected chi connectivity index (χ1v) is 7.48. The standard InChI is InChI=1S/C15H22N4O3/c1-10-8-18-13(9-17-10)15(21)19-12-5-3-4-11(12)14(20)16-6-7-22-2/h8-9,11-12H,3-7H2,1-2H3,(H,16,20)(H,19,21)/t11-,12+/m0/s1. The van der Waals surface area contributed by atoms with Crippen molar-refractivity contribution in [2.24, 2.45) is 5.92 Å². The first-order valence-electron chi connectivity index (χ1n) is 7.48. The highest BCUT2D eigenvalue weighted by molar-refractivity contribution is 5.92. The van der Waals surface area contributed by atoms with Crippen molar-refractivity contribution in [2.75, 3.05) is 20.3 Å². The fourth-order valence-electron chi connectivity index (χ4n) is 2.61. The van der Waals surface area contributed by atoms with Gasteiger partial charge < -0.3 is 15.4 Å². The summed E-state index contributed by atoms with van der Waals surface area (Å²) in [6, 6.07) is -0.154. The highest BCUT2D eigenvalue weighted by atomic mass is 16.5. The van der Waals surface area contributed by atoms with Gasteiger partial charge in [0, 0.05) is 25.9 Å². The van der Waals surface area contributed by atoms with Gasteiger partial charge >= 0.3 is 0 Å². The Morgan fingerprint density at radius 1 is 1.32 bits per heavy atom. The summed E-state index contributed by atoms with van der Waals surface area (Å²) < 4.78 is 4.91. The number of nitrogens with zero attached hydrogens (tertiary/aromatic N) is 2. The van der Waals surface area contributed by atoms with Crippen LogP contribution in [0, 0.1) is 12.8 Å². The SMILES string of the molecule is COCCNC(=O)[C@H]1CCC[C@H]1NC(=O)c1cnc(C)cn1. The van der Waals surface area contributed by atoms with E-state index in [1.54, 1.807) is 13.3 Å². The number of carbonyl (C=O) groups is 2. The van der Waals surface area contributed by atoms with E-state index in [0.717, 1.165) is 25.0 Å². The summed E-state index contributed by atoms with van der Waals surface area (Å²) >= 11 is 0. The predicted octanol–water partition coefficient (Wildman–Crippen LogP) is 0.446. The zero-order chi connectivity index (χ0) is 15.9. The van der Waals surface area contributed by atoms with Gasteiger partial charge in [-0.25, -0.2) is 4.98 Å². The van der Waals surface area contributed by atoms with Crippen molar-refractivity contribution in [1.29, 1.82) is 0 Å². The Morgan fingerprint density at radius 2 is 2.14 bits per heavy atom. The number of ether oxygens (including phenoxy) is 1. The number of methoxy groups -OCH3 is 1. The van der Waals surface area contributed by atoms with Crippen LogP contribution in [-0.2, 0) is 9.53 Å². The molecule has 0 aromatic carbocycles.